The number of ether oxygens (including phenoxy) is 5. The lowest BCUT2D eigenvalue weighted by molar-refractivity contribution is -0.160. The van der Waals surface area contributed by atoms with Crippen molar-refractivity contribution in [2.24, 2.45) is 0 Å². The Balaban J connectivity index is 4.32. The third-order valence-corrected chi connectivity index (χ3v) is 5.16. The molecule has 1 atom stereocenters. The van der Waals surface area contributed by atoms with Gasteiger partial charge in [0.25, 0.3) is 0 Å². The second kappa shape index (κ2) is 27.8. The fraction of sp³-hybridized carbons (Fsp3) is 0.778. The smallest absolute Gasteiger partial charge is 0.330 e. The predicted octanol–water partition coefficient (Wildman–Crippen LogP) is 3.86. The second-order valence-corrected chi connectivity index (χ2v) is 8.44. The Labute approximate surface area is 216 Å². The summed E-state index contributed by atoms with van der Waals surface area (Å²) >= 11 is 0. The Hall–Kier alpha value is -1.78. The van der Waals surface area contributed by atoms with Crippen molar-refractivity contribution in [2.75, 3.05) is 53.5 Å². The predicted molar refractivity (Wildman–Crippen MR) is 137 cm³/mol. The summed E-state index contributed by atoms with van der Waals surface area (Å²) in [5.41, 5.74) is 0. The largest absolute Gasteiger partial charge is 0.458 e. The molecular formula is C27H48O9. The van der Waals surface area contributed by atoms with Gasteiger partial charge in [0, 0.05) is 32.5 Å². The molecule has 0 saturated carbocycles. The maximum atomic E-state index is 12.2. The second-order valence-electron chi connectivity index (χ2n) is 8.44. The van der Waals surface area contributed by atoms with Crippen LogP contribution in [0.1, 0.15) is 77.0 Å². The molecule has 0 fully saturated rings. The van der Waals surface area contributed by atoms with Gasteiger partial charge < -0.3 is 33.9 Å². The summed E-state index contributed by atoms with van der Waals surface area (Å²) in [5.74, 6) is -1.01. The third-order valence-electron chi connectivity index (χ3n) is 5.16. The molecule has 0 spiro atoms. The van der Waals surface area contributed by atoms with Gasteiger partial charge in [0.2, 0.25) is 0 Å². The Morgan fingerprint density at radius 3 is 1.83 bits per heavy atom. The fourth-order valence-electron chi connectivity index (χ4n) is 3.15. The molecule has 0 rings (SSSR count). The standard InChI is InChI=1S/C27H48O9/c1-32-20-21-33-24-34-22-25(36-27(31)17-13-9-5-3-7-11-15-19-29)23-35-26(30)16-12-8-4-2-6-10-14-18-28/h12-13,16-17,25,28-29H,2-11,14-15,18-24H2,1H3/b16-12+,17-13+. The topological polar surface area (TPSA) is 121 Å². The Morgan fingerprint density at radius 2 is 1.25 bits per heavy atom. The van der Waals surface area contributed by atoms with E-state index in [-0.39, 0.29) is 33.2 Å². The minimum Gasteiger partial charge on any atom is -0.458 e. The van der Waals surface area contributed by atoms with Crippen LogP contribution in [0.4, 0.5) is 0 Å². The third kappa shape index (κ3) is 25.3. The molecule has 0 amide bonds. The summed E-state index contributed by atoms with van der Waals surface area (Å²) in [6.45, 7) is 1.21. The highest BCUT2D eigenvalue weighted by molar-refractivity contribution is 5.82. The van der Waals surface area contributed by atoms with Gasteiger partial charge in [-0.1, -0.05) is 50.7 Å². The Morgan fingerprint density at radius 1 is 0.694 bits per heavy atom. The van der Waals surface area contributed by atoms with E-state index in [1.165, 1.54) is 12.2 Å². The van der Waals surface area contributed by atoms with Crippen molar-refractivity contribution in [1.82, 2.24) is 0 Å². The van der Waals surface area contributed by atoms with E-state index in [1.807, 2.05) is 0 Å². The lowest BCUT2D eigenvalue weighted by atomic mass is 10.1. The number of unbranched alkanes of at least 4 members (excludes halogenated alkanes) is 10. The molecule has 1 unspecified atom stereocenters. The first-order chi connectivity index (χ1) is 17.6. The van der Waals surface area contributed by atoms with Crippen LogP contribution in [-0.2, 0) is 33.3 Å². The van der Waals surface area contributed by atoms with Crippen LogP contribution in [0.3, 0.4) is 0 Å². The molecule has 36 heavy (non-hydrogen) atoms. The average molecular weight is 517 g/mol. The van der Waals surface area contributed by atoms with Gasteiger partial charge >= 0.3 is 11.9 Å². The van der Waals surface area contributed by atoms with Crippen LogP contribution in [0, 0.1) is 0 Å². The number of carbonyl (C=O) groups excluding carboxylic acids is 2. The van der Waals surface area contributed by atoms with E-state index < -0.39 is 18.0 Å². The van der Waals surface area contributed by atoms with Crippen LogP contribution in [0.5, 0.6) is 0 Å². The summed E-state index contributed by atoms with van der Waals surface area (Å²) in [5, 5.41) is 17.5. The summed E-state index contributed by atoms with van der Waals surface area (Å²) < 4.78 is 26.2. The van der Waals surface area contributed by atoms with Crippen molar-refractivity contribution < 1.29 is 43.5 Å². The van der Waals surface area contributed by atoms with Crippen molar-refractivity contribution in [3.05, 3.63) is 24.3 Å². The monoisotopic (exact) mass is 516 g/mol. The van der Waals surface area contributed by atoms with Gasteiger partial charge in [0.1, 0.15) is 13.4 Å². The highest BCUT2D eigenvalue weighted by Crippen LogP contribution is 2.07. The number of allylic oxidation sites excluding steroid dienone is 2. The SMILES string of the molecule is COCCOCOCC(COC(=O)/C=C/CCCCCCCO)OC(=O)/C=C/CCCCCCCO. The number of aliphatic hydroxyl groups excluding tert-OH is 2. The molecule has 0 aliphatic heterocycles. The van der Waals surface area contributed by atoms with Crippen LogP contribution < -0.4 is 0 Å². The molecule has 0 radical (unpaired) electrons. The molecule has 2 N–H and O–H groups in total. The first-order valence-corrected chi connectivity index (χ1v) is 13.2. The van der Waals surface area contributed by atoms with Crippen molar-refractivity contribution in [3.8, 4) is 0 Å². The van der Waals surface area contributed by atoms with E-state index in [0.717, 1.165) is 77.0 Å². The molecule has 0 aromatic carbocycles. The summed E-state index contributed by atoms with van der Waals surface area (Å²) in [4.78, 5) is 24.2. The molecule has 0 aliphatic carbocycles. The lowest BCUT2D eigenvalue weighted by Crippen LogP contribution is -2.29. The van der Waals surface area contributed by atoms with Crippen molar-refractivity contribution >= 4 is 11.9 Å². The molecule has 9 heteroatoms. The molecule has 0 aromatic rings. The van der Waals surface area contributed by atoms with Crippen LogP contribution in [-0.4, -0.2) is 81.8 Å². The van der Waals surface area contributed by atoms with Crippen LogP contribution in [0.25, 0.3) is 0 Å². The van der Waals surface area contributed by atoms with Crippen molar-refractivity contribution in [3.63, 3.8) is 0 Å². The van der Waals surface area contributed by atoms with Gasteiger partial charge in [-0.25, -0.2) is 9.59 Å². The maximum Gasteiger partial charge on any atom is 0.330 e. The molecule has 0 bridgehead atoms. The summed E-state index contributed by atoms with van der Waals surface area (Å²) in [7, 11) is 1.58. The summed E-state index contributed by atoms with van der Waals surface area (Å²) in [6, 6.07) is 0. The normalized spacial score (nSPS) is 12.4. The molecule has 0 aromatic heterocycles. The van der Waals surface area contributed by atoms with E-state index in [2.05, 4.69) is 0 Å². The number of methoxy groups -OCH3 is 1. The number of aliphatic hydroxyl groups is 2. The van der Waals surface area contributed by atoms with Crippen molar-refractivity contribution in [2.45, 2.75) is 83.2 Å². The van der Waals surface area contributed by atoms with Gasteiger partial charge in [-0.15, -0.1) is 0 Å². The van der Waals surface area contributed by atoms with Gasteiger partial charge in [0.15, 0.2) is 6.10 Å². The van der Waals surface area contributed by atoms with Crippen LogP contribution in [0.2, 0.25) is 0 Å². The molecule has 9 nitrogen and oxygen atoms in total. The fourth-order valence-corrected chi connectivity index (χ4v) is 3.15. The lowest BCUT2D eigenvalue weighted by Gasteiger charge is -2.17. The molecule has 0 heterocycles. The highest BCUT2D eigenvalue weighted by atomic mass is 16.7. The Kier molecular flexibility index (Phi) is 26.4. The quantitative estimate of drug-likeness (QED) is 0.0764. The van der Waals surface area contributed by atoms with Gasteiger partial charge in [-0.2, -0.15) is 0 Å². The highest BCUT2D eigenvalue weighted by Gasteiger charge is 2.16. The van der Waals surface area contributed by atoms with Gasteiger partial charge in [-0.3, -0.25) is 0 Å². The van der Waals surface area contributed by atoms with Gasteiger partial charge in [-0.05, 0) is 38.5 Å². The molecule has 0 saturated heterocycles. The molecule has 210 valence electrons. The zero-order valence-electron chi connectivity index (χ0n) is 22.1. The minimum atomic E-state index is -0.754. The van der Waals surface area contributed by atoms with Crippen LogP contribution in [0.15, 0.2) is 24.3 Å². The first-order valence-electron chi connectivity index (χ1n) is 13.2. The van der Waals surface area contributed by atoms with E-state index in [4.69, 9.17) is 33.9 Å². The summed E-state index contributed by atoms with van der Waals surface area (Å²) in [6.07, 6.45) is 17.0. The van der Waals surface area contributed by atoms with Crippen LogP contribution >= 0.6 is 0 Å². The zero-order chi connectivity index (χ0) is 26.5. The van der Waals surface area contributed by atoms with Gasteiger partial charge in [0.05, 0.1) is 19.8 Å². The van der Waals surface area contributed by atoms with E-state index in [1.54, 1.807) is 19.3 Å². The number of hydrogen-bond donors (Lipinski definition) is 2. The van der Waals surface area contributed by atoms with Crippen molar-refractivity contribution in [1.29, 1.82) is 0 Å². The molecular weight excluding hydrogens is 468 g/mol. The number of hydrogen-bond acceptors (Lipinski definition) is 9. The van der Waals surface area contributed by atoms with E-state index in [0.29, 0.717) is 13.2 Å². The number of rotatable bonds is 26. The zero-order valence-corrected chi connectivity index (χ0v) is 22.1. The Bertz CT molecular complexity index is 563. The van der Waals surface area contributed by atoms with E-state index in [9.17, 15) is 9.59 Å². The maximum absolute atomic E-state index is 12.2. The van der Waals surface area contributed by atoms with E-state index >= 15 is 0 Å². The first kappa shape index (κ1) is 34.2. The minimum absolute atomic E-state index is 0.00961. The number of carbonyl (C=O) groups is 2. The molecule has 0 aliphatic rings. The average Bonchev–Trinajstić information content (AvgIpc) is 2.87. The number of esters is 2.